The van der Waals surface area contributed by atoms with Crippen LogP contribution in [0, 0.1) is 0 Å². The van der Waals surface area contributed by atoms with Crippen molar-refractivity contribution in [3.05, 3.63) is 30.2 Å². The first-order valence-electron chi connectivity index (χ1n) is 6.32. The maximum atomic E-state index is 6.20. The molecule has 0 amide bonds. The summed E-state index contributed by atoms with van der Waals surface area (Å²) in [6.07, 6.45) is 4.73. The monoisotopic (exact) mass is 291 g/mol. The number of nitrogens with zero attached hydrogens (tertiary/aromatic N) is 3. The Morgan fingerprint density at radius 1 is 1.30 bits per heavy atom. The highest BCUT2D eigenvalue weighted by Crippen LogP contribution is 2.38. The smallest absolute Gasteiger partial charge is 0.260 e. The van der Waals surface area contributed by atoms with Crippen molar-refractivity contribution < 1.29 is 4.52 Å². The zero-order valence-electron chi connectivity index (χ0n) is 10.7. The highest BCUT2D eigenvalue weighted by molar-refractivity contribution is 5.90. The first-order chi connectivity index (χ1) is 9.26. The molecule has 3 N–H and O–H groups in total. The lowest BCUT2D eigenvalue weighted by Crippen LogP contribution is -2.44. The first-order valence-corrected chi connectivity index (χ1v) is 6.32. The van der Waals surface area contributed by atoms with E-state index >= 15 is 0 Å². The van der Waals surface area contributed by atoms with Crippen molar-refractivity contribution in [2.45, 2.75) is 24.8 Å². The normalized spacial score (nSPS) is 16.6. The highest BCUT2D eigenvalue weighted by atomic mass is 35.5. The van der Waals surface area contributed by atoms with Gasteiger partial charge in [0.1, 0.15) is 0 Å². The average Bonchev–Trinajstić information content (AvgIpc) is 3.04. The third-order valence-electron chi connectivity index (χ3n) is 3.82. The fourth-order valence-corrected chi connectivity index (χ4v) is 2.46. The summed E-state index contributed by atoms with van der Waals surface area (Å²) in [5.74, 6) is 1.09. The van der Waals surface area contributed by atoms with Gasteiger partial charge in [-0.1, -0.05) is 17.3 Å². The van der Waals surface area contributed by atoms with Gasteiger partial charge in [0.05, 0.1) is 22.8 Å². The van der Waals surface area contributed by atoms with Gasteiger partial charge in [-0.05, 0) is 25.3 Å². The molecule has 0 aliphatic heterocycles. The molecule has 1 aliphatic rings. The molecule has 3 aromatic rings. The summed E-state index contributed by atoms with van der Waals surface area (Å²) >= 11 is 0. The molecule has 0 bridgehead atoms. The number of nitrogens with one attached hydrogen (secondary N) is 1. The number of nitrogens with two attached hydrogens (primary N) is 1. The van der Waals surface area contributed by atoms with Crippen LogP contribution in [0.3, 0.4) is 0 Å². The number of para-hydroxylation sites is 1. The van der Waals surface area contributed by atoms with Crippen LogP contribution in [0.2, 0.25) is 0 Å². The minimum atomic E-state index is -0.399. The Bertz CT molecular complexity index is 746. The van der Waals surface area contributed by atoms with Crippen molar-refractivity contribution in [2.24, 2.45) is 5.73 Å². The zero-order valence-corrected chi connectivity index (χ0v) is 11.5. The Hall–Kier alpha value is -1.92. The van der Waals surface area contributed by atoms with Gasteiger partial charge < -0.3 is 10.3 Å². The van der Waals surface area contributed by atoms with Gasteiger partial charge in [-0.25, -0.2) is 0 Å². The van der Waals surface area contributed by atoms with Gasteiger partial charge >= 0.3 is 0 Å². The quantitative estimate of drug-likeness (QED) is 0.756. The second-order valence-electron chi connectivity index (χ2n) is 5.07. The minimum absolute atomic E-state index is 0. The fourth-order valence-electron chi connectivity index (χ4n) is 2.46. The Morgan fingerprint density at radius 3 is 2.90 bits per heavy atom. The van der Waals surface area contributed by atoms with E-state index in [-0.39, 0.29) is 12.4 Å². The number of H-pyrrole nitrogens is 1. The second kappa shape index (κ2) is 4.57. The van der Waals surface area contributed by atoms with Crippen molar-refractivity contribution in [3.63, 3.8) is 0 Å². The minimum Gasteiger partial charge on any atom is -0.334 e. The molecule has 0 atom stereocenters. The number of aromatic amines is 1. The Kier molecular flexibility index (Phi) is 2.99. The summed E-state index contributed by atoms with van der Waals surface area (Å²) in [6, 6.07) is 5.86. The van der Waals surface area contributed by atoms with E-state index in [9.17, 15) is 0 Å². The molecule has 6 nitrogen and oxygen atoms in total. The molecule has 7 heteroatoms. The van der Waals surface area contributed by atoms with E-state index in [1.165, 1.54) is 0 Å². The van der Waals surface area contributed by atoms with Gasteiger partial charge in [0.2, 0.25) is 0 Å². The van der Waals surface area contributed by atoms with Crippen LogP contribution in [0.5, 0.6) is 0 Å². The summed E-state index contributed by atoms with van der Waals surface area (Å²) in [5.41, 5.74) is 7.56. The van der Waals surface area contributed by atoms with Crippen molar-refractivity contribution in [2.75, 3.05) is 0 Å². The molecule has 20 heavy (non-hydrogen) atoms. The van der Waals surface area contributed by atoms with Gasteiger partial charge in [-0.2, -0.15) is 10.1 Å². The molecule has 1 aromatic carbocycles. The van der Waals surface area contributed by atoms with Crippen LogP contribution in [-0.2, 0) is 5.54 Å². The molecule has 104 valence electrons. The molecule has 0 unspecified atom stereocenters. The molecular formula is C13H14ClN5O. The lowest BCUT2D eigenvalue weighted by Gasteiger charge is -2.34. The van der Waals surface area contributed by atoms with Gasteiger partial charge in [0, 0.05) is 5.39 Å². The van der Waals surface area contributed by atoms with Gasteiger partial charge in [-0.15, -0.1) is 12.4 Å². The Labute approximate surface area is 121 Å². The molecule has 4 rings (SSSR count). The largest absolute Gasteiger partial charge is 0.334 e. The number of halogens is 1. The van der Waals surface area contributed by atoms with Gasteiger partial charge in [0.15, 0.2) is 5.82 Å². The topological polar surface area (TPSA) is 93.6 Å². The lowest BCUT2D eigenvalue weighted by molar-refractivity contribution is 0.229. The molecule has 1 saturated carbocycles. The van der Waals surface area contributed by atoms with Crippen LogP contribution < -0.4 is 5.73 Å². The predicted octanol–water partition coefficient (Wildman–Crippen LogP) is 2.37. The highest BCUT2D eigenvalue weighted by Gasteiger charge is 2.39. The third kappa shape index (κ3) is 1.80. The molecule has 0 saturated heterocycles. The fraction of sp³-hybridized carbons (Fsp3) is 0.308. The van der Waals surface area contributed by atoms with Crippen LogP contribution in [0.15, 0.2) is 28.9 Å². The first kappa shape index (κ1) is 13.1. The summed E-state index contributed by atoms with van der Waals surface area (Å²) in [5, 5.41) is 12.0. The zero-order chi connectivity index (χ0) is 12.9. The Morgan fingerprint density at radius 2 is 2.15 bits per heavy atom. The van der Waals surface area contributed by atoms with E-state index in [1.54, 1.807) is 6.20 Å². The maximum Gasteiger partial charge on any atom is 0.260 e. The van der Waals surface area contributed by atoms with Crippen LogP contribution in [0.25, 0.3) is 22.4 Å². The molecule has 0 spiro atoms. The number of aromatic nitrogens is 4. The second-order valence-corrected chi connectivity index (χ2v) is 5.07. The number of hydrogen-bond donors (Lipinski definition) is 2. The number of rotatable bonds is 2. The summed E-state index contributed by atoms with van der Waals surface area (Å²) in [7, 11) is 0. The number of fused-ring (bicyclic) bond motifs is 1. The maximum absolute atomic E-state index is 6.20. The third-order valence-corrected chi connectivity index (χ3v) is 3.82. The molecule has 1 fully saturated rings. The number of hydrogen-bond acceptors (Lipinski definition) is 5. The van der Waals surface area contributed by atoms with E-state index in [2.05, 4.69) is 20.3 Å². The summed E-state index contributed by atoms with van der Waals surface area (Å²) < 4.78 is 5.36. The van der Waals surface area contributed by atoms with Crippen LogP contribution >= 0.6 is 12.4 Å². The van der Waals surface area contributed by atoms with E-state index in [1.807, 2.05) is 18.2 Å². The average molecular weight is 292 g/mol. The lowest BCUT2D eigenvalue weighted by atomic mass is 9.77. The van der Waals surface area contributed by atoms with E-state index in [4.69, 9.17) is 10.3 Å². The number of benzene rings is 1. The molecule has 2 heterocycles. The van der Waals surface area contributed by atoms with Crippen LogP contribution in [0.1, 0.15) is 25.1 Å². The summed E-state index contributed by atoms with van der Waals surface area (Å²) in [4.78, 5) is 4.45. The Balaban J connectivity index is 0.00000121. The molecule has 1 aliphatic carbocycles. The SMILES string of the molecule is Cl.NC1(c2noc(-c3cccc4cn[nH]c34)n2)CCC1. The van der Waals surface area contributed by atoms with E-state index < -0.39 is 5.54 Å². The molecule has 2 aromatic heterocycles. The van der Waals surface area contributed by atoms with Gasteiger partial charge in [0.25, 0.3) is 5.89 Å². The van der Waals surface area contributed by atoms with Crippen molar-refractivity contribution in [1.82, 2.24) is 20.3 Å². The summed E-state index contributed by atoms with van der Waals surface area (Å²) in [6.45, 7) is 0. The van der Waals surface area contributed by atoms with E-state index in [0.717, 1.165) is 35.7 Å². The molecular weight excluding hydrogens is 278 g/mol. The van der Waals surface area contributed by atoms with Crippen molar-refractivity contribution in [1.29, 1.82) is 0 Å². The standard InChI is InChI=1S/C13H13N5O.ClH/c14-13(5-2-6-13)12-16-11(19-18-12)9-4-1-3-8-7-15-17-10(8)9;/h1,3-4,7H,2,5-6,14H2,(H,15,17);1H. The van der Waals surface area contributed by atoms with Crippen LogP contribution in [-0.4, -0.2) is 20.3 Å². The predicted molar refractivity (Wildman–Crippen MR) is 76.4 cm³/mol. The van der Waals surface area contributed by atoms with Gasteiger partial charge in [-0.3, -0.25) is 5.10 Å². The van der Waals surface area contributed by atoms with E-state index in [0.29, 0.717) is 11.7 Å². The van der Waals surface area contributed by atoms with Crippen molar-refractivity contribution in [3.8, 4) is 11.5 Å². The molecule has 0 radical (unpaired) electrons. The van der Waals surface area contributed by atoms with Crippen molar-refractivity contribution >= 4 is 23.3 Å². The van der Waals surface area contributed by atoms with Crippen LogP contribution in [0.4, 0.5) is 0 Å².